The van der Waals surface area contributed by atoms with Gasteiger partial charge in [-0.2, -0.15) is 0 Å². The zero-order valence-electron chi connectivity index (χ0n) is 9.24. The molecule has 0 heterocycles. The molecule has 2 rings (SSSR count). The van der Waals surface area contributed by atoms with Crippen LogP contribution in [-0.2, 0) is 0 Å². The van der Waals surface area contributed by atoms with E-state index in [2.05, 4.69) is 15.9 Å². The zero-order valence-corrected chi connectivity index (χ0v) is 11.6. The van der Waals surface area contributed by atoms with Crippen molar-refractivity contribution in [2.24, 2.45) is 0 Å². The first-order chi connectivity index (χ1) is 8.61. The van der Waals surface area contributed by atoms with Gasteiger partial charge in [-0.15, -0.1) is 11.6 Å². The number of carbonyl (C=O) groups excluding carboxylic acids is 1. The van der Waals surface area contributed by atoms with E-state index in [1.165, 1.54) is 12.1 Å². The van der Waals surface area contributed by atoms with E-state index >= 15 is 0 Å². The molecule has 0 aliphatic heterocycles. The second-order valence-electron chi connectivity index (χ2n) is 3.73. The smallest absolute Gasteiger partial charge is 0.189 e. The van der Waals surface area contributed by atoms with E-state index in [0.717, 1.165) is 0 Å². The number of hydrogen-bond donors (Lipinski definition) is 0. The minimum Gasteiger partial charge on any atom is -0.292 e. The summed E-state index contributed by atoms with van der Waals surface area (Å²) < 4.78 is 14.1. The van der Waals surface area contributed by atoms with Crippen molar-refractivity contribution in [3.63, 3.8) is 0 Å². The molecule has 0 amide bonds. The fraction of sp³-hybridized carbons (Fsp3) is 0.0714. The minimum atomic E-state index is -0.889. The molecule has 1 atom stereocenters. The summed E-state index contributed by atoms with van der Waals surface area (Å²) in [6.07, 6.45) is 0. The highest BCUT2D eigenvalue weighted by Crippen LogP contribution is 2.29. The van der Waals surface area contributed by atoms with Gasteiger partial charge < -0.3 is 0 Å². The Morgan fingerprint density at radius 3 is 2.39 bits per heavy atom. The Hall–Kier alpha value is -1.19. The van der Waals surface area contributed by atoms with Gasteiger partial charge in [-0.3, -0.25) is 4.79 Å². The number of carbonyl (C=O) groups is 1. The van der Waals surface area contributed by atoms with Gasteiger partial charge in [0, 0.05) is 4.47 Å². The van der Waals surface area contributed by atoms with E-state index in [0.29, 0.717) is 10.0 Å². The van der Waals surface area contributed by atoms with E-state index in [-0.39, 0.29) is 5.56 Å². The third kappa shape index (κ3) is 2.62. The standard InChI is InChI=1S/C14H9BrClFO/c15-10-7-4-8-11(17)12(10)14(18)13(16)9-5-2-1-3-6-9/h1-8,13H. The number of hydrogen-bond acceptors (Lipinski definition) is 1. The highest BCUT2D eigenvalue weighted by atomic mass is 79.9. The molecule has 0 radical (unpaired) electrons. The van der Waals surface area contributed by atoms with Crippen LogP contribution in [0.1, 0.15) is 21.3 Å². The summed E-state index contributed by atoms with van der Waals surface area (Å²) in [6.45, 7) is 0. The lowest BCUT2D eigenvalue weighted by Gasteiger charge is -2.10. The first kappa shape index (κ1) is 13.2. The Labute approximate surface area is 118 Å². The van der Waals surface area contributed by atoms with E-state index in [9.17, 15) is 9.18 Å². The Bertz CT molecular complexity index is 551. The Kier molecular flexibility index (Phi) is 4.15. The van der Waals surface area contributed by atoms with E-state index in [4.69, 9.17) is 11.6 Å². The van der Waals surface area contributed by atoms with Gasteiger partial charge in [0.1, 0.15) is 11.2 Å². The lowest BCUT2D eigenvalue weighted by atomic mass is 10.0. The summed E-state index contributed by atoms with van der Waals surface area (Å²) >= 11 is 9.27. The average molecular weight is 328 g/mol. The van der Waals surface area contributed by atoms with Crippen LogP contribution in [0, 0.1) is 5.82 Å². The molecule has 0 fully saturated rings. The number of Topliss-reactive ketones (excluding diaryl/α,β-unsaturated/α-hetero) is 1. The van der Waals surface area contributed by atoms with Gasteiger partial charge in [-0.05, 0) is 33.6 Å². The van der Waals surface area contributed by atoms with E-state index in [1.807, 2.05) is 6.07 Å². The van der Waals surface area contributed by atoms with Crippen LogP contribution in [0.15, 0.2) is 53.0 Å². The van der Waals surface area contributed by atoms with Gasteiger partial charge in [-0.1, -0.05) is 36.4 Å². The quantitative estimate of drug-likeness (QED) is 0.587. The molecular weight excluding hydrogens is 319 g/mol. The Morgan fingerprint density at radius 2 is 1.78 bits per heavy atom. The molecule has 92 valence electrons. The molecule has 0 saturated carbocycles. The molecule has 0 aliphatic carbocycles. The van der Waals surface area contributed by atoms with E-state index < -0.39 is 17.0 Å². The van der Waals surface area contributed by atoms with Crippen molar-refractivity contribution < 1.29 is 9.18 Å². The maximum atomic E-state index is 13.7. The second kappa shape index (κ2) is 5.63. The predicted molar refractivity (Wildman–Crippen MR) is 73.5 cm³/mol. The van der Waals surface area contributed by atoms with Crippen molar-refractivity contribution in [3.8, 4) is 0 Å². The van der Waals surface area contributed by atoms with Crippen LogP contribution in [0.2, 0.25) is 0 Å². The molecule has 0 spiro atoms. The lowest BCUT2D eigenvalue weighted by Crippen LogP contribution is -2.10. The van der Waals surface area contributed by atoms with Crippen molar-refractivity contribution in [1.29, 1.82) is 0 Å². The van der Waals surface area contributed by atoms with Gasteiger partial charge in [0.2, 0.25) is 0 Å². The van der Waals surface area contributed by atoms with Crippen LogP contribution in [0.5, 0.6) is 0 Å². The van der Waals surface area contributed by atoms with Crippen LogP contribution in [0.4, 0.5) is 4.39 Å². The average Bonchev–Trinajstić information content (AvgIpc) is 2.38. The molecule has 0 aliphatic rings. The Balaban J connectivity index is 2.38. The highest BCUT2D eigenvalue weighted by molar-refractivity contribution is 9.10. The molecule has 0 N–H and O–H groups in total. The van der Waals surface area contributed by atoms with Crippen molar-refractivity contribution in [2.75, 3.05) is 0 Å². The molecule has 2 aromatic carbocycles. The van der Waals surface area contributed by atoms with Crippen LogP contribution in [0.3, 0.4) is 0 Å². The molecule has 18 heavy (non-hydrogen) atoms. The Morgan fingerprint density at radius 1 is 1.11 bits per heavy atom. The predicted octanol–water partition coefficient (Wildman–Crippen LogP) is 4.75. The summed E-state index contributed by atoms with van der Waals surface area (Å²) in [7, 11) is 0. The van der Waals surface area contributed by atoms with Gasteiger partial charge in [-0.25, -0.2) is 4.39 Å². The maximum absolute atomic E-state index is 13.7. The number of halogens is 3. The topological polar surface area (TPSA) is 17.1 Å². The van der Waals surface area contributed by atoms with Crippen molar-refractivity contribution >= 4 is 33.3 Å². The van der Waals surface area contributed by atoms with Crippen LogP contribution < -0.4 is 0 Å². The fourth-order valence-electron chi connectivity index (χ4n) is 1.63. The first-order valence-electron chi connectivity index (χ1n) is 5.28. The molecule has 0 aromatic heterocycles. The summed E-state index contributed by atoms with van der Waals surface area (Å²) in [5.74, 6) is -1.02. The van der Waals surface area contributed by atoms with Crippen LogP contribution >= 0.6 is 27.5 Å². The largest absolute Gasteiger partial charge is 0.292 e. The fourth-order valence-corrected chi connectivity index (χ4v) is 2.43. The molecule has 1 nitrogen and oxygen atoms in total. The summed E-state index contributed by atoms with van der Waals surface area (Å²) in [6, 6.07) is 13.3. The van der Waals surface area contributed by atoms with Gasteiger partial charge in [0.25, 0.3) is 0 Å². The molecule has 2 aromatic rings. The van der Waals surface area contributed by atoms with Crippen molar-refractivity contribution in [2.45, 2.75) is 5.38 Å². The number of rotatable bonds is 3. The number of benzene rings is 2. The second-order valence-corrected chi connectivity index (χ2v) is 5.02. The zero-order chi connectivity index (χ0) is 13.1. The van der Waals surface area contributed by atoms with Crippen LogP contribution in [0.25, 0.3) is 0 Å². The summed E-state index contributed by atoms with van der Waals surface area (Å²) in [5, 5.41) is -0.889. The minimum absolute atomic E-state index is 0.0126. The van der Waals surface area contributed by atoms with Gasteiger partial charge in [0.15, 0.2) is 5.78 Å². The van der Waals surface area contributed by atoms with E-state index in [1.54, 1.807) is 30.3 Å². The normalized spacial score (nSPS) is 12.2. The molecule has 1 unspecified atom stereocenters. The number of ketones is 1. The first-order valence-corrected chi connectivity index (χ1v) is 6.51. The number of alkyl halides is 1. The van der Waals surface area contributed by atoms with Gasteiger partial charge in [0.05, 0.1) is 5.56 Å². The van der Waals surface area contributed by atoms with Crippen molar-refractivity contribution in [1.82, 2.24) is 0 Å². The third-order valence-electron chi connectivity index (χ3n) is 2.53. The SMILES string of the molecule is O=C(c1c(F)cccc1Br)C(Cl)c1ccccc1. The monoisotopic (exact) mass is 326 g/mol. The lowest BCUT2D eigenvalue weighted by molar-refractivity contribution is 0.0982. The van der Waals surface area contributed by atoms with Crippen LogP contribution in [-0.4, -0.2) is 5.78 Å². The molecule has 4 heteroatoms. The molecule has 0 saturated heterocycles. The molecular formula is C14H9BrClFO. The summed E-state index contributed by atoms with van der Waals surface area (Å²) in [4.78, 5) is 12.2. The van der Waals surface area contributed by atoms with Crippen molar-refractivity contribution in [3.05, 3.63) is 69.9 Å². The maximum Gasteiger partial charge on any atom is 0.189 e. The highest BCUT2D eigenvalue weighted by Gasteiger charge is 2.24. The summed E-state index contributed by atoms with van der Waals surface area (Å²) in [5.41, 5.74) is 0.640. The van der Waals surface area contributed by atoms with Gasteiger partial charge >= 0.3 is 0 Å². The molecule has 0 bridgehead atoms. The third-order valence-corrected chi connectivity index (χ3v) is 3.64.